The van der Waals surface area contributed by atoms with E-state index in [1.54, 1.807) is 12.1 Å². The monoisotopic (exact) mass is 450 g/mol. The fraction of sp³-hybridized carbons (Fsp3) is 0.409. The van der Waals surface area contributed by atoms with E-state index in [1.165, 1.54) is 12.1 Å². The predicted molar refractivity (Wildman–Crippen MR) is 110 cm³/mol. The first kappa shape index (κ1) is 23.4. The zero-order chi connectivity index (χ0) is 22.3. The fourth-order valence-corrected chi connectivity index (χ4v) is 4.47. The SMILES string of the molecule is Cc1ccc(S(=O)(=O)O[C@@H]2COC(O)[C@H](CCOCc3ccccc3)[C@@H]2OC=O)cc1. The molecule has 2 aromatic carbocycles. The van der Waals surface area contributed by atoms with Crippen LogP contribution in [-0.4, -0.2) is 51.7 Å². The summed E-state index contributed by atoms with van der Waals surface area (Å²) in [5, 5.41) is 10.3. The van der Waals surface area contributed by atoms with Crippen molar-refractivity contribution in [2.45, 2.75) is 43.3 Å². The van der Waals surface area contributed by atoms with Crippen LogP contribution < -0.4 is 0 Å². The third-order valence-electron chi connectivity index (χ3n) is 5.07. The lowest BCUT2D eigenvalue weighted by Gasteiger charge is -2.38. The summed E-state index contributed by atoms with van der Waals surface area (Å²) in [6, 6.07) is 15.8. The molecule has 1 aliphatic rings. The van der Waals surface area contributed by atoms with E-state index in [1.807, 2.05) is 37.3 Å². The molecule has 1 N–H and O–H groups in total. The Bertz CT molecular complexity index is 930. The highest BCUT2D eigenvalue weighted by Crippen LogP contribution is 2.30. The summed E-state index contributed by atoms with van der Waals surface area (Å²) >= 11 is 0. The van der Waals surface area contributed by atoms with Gasteiger partial charge < -0.3 is 19.3 Å². The number of rotatable bonds is 10. The van der Waals surface area contributed by atoms with Crippen LogP contribution in [-0.2, 0) is 39.9 Å². The second-order valence-corrected chi connectivity index (χ2v) is 8.89. The lowest BCUT2D eigenvalue weighted by Crippen LogP contribution is -2.52. The Kier molecular flexibility index (Phi) is 8.16. The zero-order valence-corrected chi connectivity index (χ0v) is 17.9. The van der Waals surface area contributed by atoms with Crippen molar-refractivity contribution in [3.63, 3.8) is 0 Å². The van der Waals surface area contributed by atoms with E-state index >= 15 is 0 Å². The predicted octanol–water partition coefficient (Wildman–Crippen LogP) is 2.18. The second-order valence-electron chi connectivity index (χ2n) is 7.31. The van der Waals surface area contributed by atoms with Gasteiger partial charge in [-0.1, -0.05) is 48.0 Å². The van der Waals surface area contributed by atoms with E-state index in [2.05, 4.69) is 0 Å². The number of hydrogen-bond donors (Lipinski definition) is 1. The van der Waals surface area contributed by atoms with Crippen molar-refractivity contribution < 1.29 is 36.7 Å². The van der Waals surface area contributed by atoms with Crippen molar-refractivity contribution in [3.8, 4) is 0 Å². The maximum atomic E-state index is 12.7. The maximum absolute atomic E-state index is 12.7. The average molecular weight is 451 g/mol. The first-order valence-electron chi connectivity index (χ1n) is 9.91. The number of aryl methyl sites for hydroxylation is 1. The van der Waals surface area contributed by atoms with Gasteiger partial charge in [-0.15, -0.1) is 0 Å². The van der Waals surface area contributed by atoms with Gasteiger partial charge in [0, 0.05) is 6.61 Å². The van der Waals surface area contributed by atoms with Gasteiger partial charge in [-0.3, -0.25) is 8.98 Å². The van der Waals surface area contributed by atoms with Crippen LogP contribution in [0.15, 0.2) is 59.5 Å². The van der Waals surface area contributed by atoms with Gasteiger partial charge in [0.1, 0.15) is 12.2 Å². The first-order valence-corrected chi connectivity index (χ1v) is 11.3. The Hall–Kier alpha value is -2.30. The Morgan fingerprint density at radius 2 is 1.84 bits per heavy atom. The van der Waals surface area contributed by atoms with E-state index in [9.17, 15) is 18.3 Å². The van der Waals surface area contributed by atoms with Gasteiger partial charge in [-0.25, -0.2) is 0 Å². The summed E-state index contributed by atoms with van der Waals surface area (Å²) in [6.45, 7) is 2.44. The normalized spacial score (nSPS) is 23.9. The quantitative estimate of drug-likeness (QED) is 0.333. The fourth-order valence-electron chi connectivity index (χ4n) is 3.40. The first-order chi connectivity index (χ1) is 14.9. The summed E-state index contributed by atoms with van der Waals surface area (Å²) in [5.41, 5.74) is 1.90. The number of carbonyl (C=O) groups is 1. The Morgan fingerprint density at radius 3 is 2.52 bits per heavy atom. The summed E-state index contributed by atoms with van der Waals surface area (Å²) in [6.07, 6.45) is -3.08. The van der Waals surface area contributed by atoms with Crippen molar-refractivity contribution >= 4 is 16.6 Å². The van der Waals surface area contributed by atoms with E-state index in [4.69, 9.17) is 18.4 Å². The van der Waals surface area contributed by atoms with Gasteiger partial charge >= 0.3 is 0 Å². The largest absolute Gasteiger partial charge is 0.461 e. The Labute approximate surface area is 181 Å². The highest BCUT2D eigenvalue weighted by molar-refractivity contribution is 7.86. The molecule has 0 saturated carbocycles. The molecule has 0 amide bonds. The van der Waals surface area contributed by atoms with Crippen LogP contribution in [0.5, 0.6) is 0 Å². The summed E-state index contributed by atoms with van der Waals surface area (Å²) in [5.74, 6) is -0.715. The minimum absolute atomic E-state index is 0.0168. The smallest absolute Gasteiger partial charge is 0.297 e. The molecule has 0 bridgehead atoms. The molecule has 168 valence electrons. The third-order valence-corrected chi connectivity index (χ3v) is 6.42. The number of aliphatic hydroxyl groups excluding tert-OH is 1. The summed E-state index contributed by atoms with van der Waals surface area (Å²) in [7, 11) is -4.12. The molecule has 1 heterocycles. The Morgan fingerprint density at radius 1 is 1.13 bits per heavy atom. The third kappa shape index (κ3) is 6.34. The molecule has 1 unspecified atom stereocenters. The average Bonchev–Trinajstić information content (AvgIpc) is 2.76. The number of aliphatic hydroxyl groups is 1. The maximum Gasteiger partial charge on any atom is 0.297 e. The molecule has 4 atom stereocenters. The standard InChI is InChI=1S/C22H26O8S/c1-16-7-9-18(10-8-16)31(25,26)30-20-14-28-22(24)19(21(20)29-15-23)11-12-27-13-17-5-3-2-4-6-17/h2-10,15,19-22,24H,11-14H2,1H3/t19-,20-,21+,22?/m1/s1. The topological polar surface area (TPSA) is 108 Å². The van der Waals surface area contributed by atoms with Crippen LogP contribution in [0.3, 0.4) is 0 Å². The van der Waals surface area contributed by atoms with Crippen LogP contribution in [0, 0.1) is 12.8 Å². The van der Waals surface area contributed by atoms with Crippen molar-refractivity contribution in [1.29, 1.82) is 0 Å². The molecule has 1 saturated heterocycles. The highest BCUT2D eigenvalue weighted by atomic mass is 32.2. The van der Waals surface area contributed by atoms with Gasteiger partial charge in [0.2, 0.25) is 0 Å². The van der Waals surface area contributed by atoms with Crippen LogP contribution in [0.2, 0.25) is 0 Å². The molecule has 0 spiro atoms. The molecular formula is C22H26O8S. The molecular weight excluding hydrogens is 424 g/mol. The molecule has 2 aromatic rings. The summed E-state index contributed by atoms with van der Waals surface area (Å²) in [4.78, 5) is 11.1. The van der Waals surface area contributed by atoms with Crippen molar-refractivity contribution in [2.75, 3.05) is 13.2 Å². The minimum Gasteiger partial charge on any atom is -0.461 e. The molecule has 0 radical (unpaired) electrons. The van der Waals surface area contributed by atoms with E-state index < -0.39 is 34.5 Å². The van der Waals surface area contributed by atoms with Crippen molar-refractivity contribution in [1.82, 2.24) is 0 Å². The molecule has 0 aromatic heterocycles. The lowest BCUT2D eigenvalue weighted by atomic mass is 9.92. The second kappa shape index (κ2) is 10.8. The number of ether oxygens (including phenoxy) is 3. The molecule has 3 rings (SSSR count). The zero-order valence-electron chi connectivity index (χ0n) is 17.1. The Balaban J connectivity index is 1.65. The van der Waals surface area contributed by atoms with Crippen LogP contribution >= 0.6 is 0 Å². The van der Waals surface area contributed by atoms with Gasteiger partial charge in [-0.2, -0.15) is 8.42 Å². The van der Waals surface area contributed by atoms with Crippen LogP contribution in [0.4, 0.5) is 0 Å². The number of benzene rings is 2. The molecule has 1 aliphatic heterocycles. The molecule has 9 heteroatoms. The van der Waals surface area contributed by atoms with Crippen molar-refractivity contribution in [2.24, 2.45) is 5.92 Å². The molecule has 8 nitrogen and oxygen atoms in total. The minimum atomic E-state index is -4.12. The molecule has 31 heavy (non-hydrogen) atoms. The van der Waals surface area contributed by atoms with E-state index in [0.29, 0.717) is 6.61 Å². The van der Waals surface area contributed by atoms with Gasteiger partial charge in [-0.05, 0) is 31.0 Å². The van der Waals surface area contributed by atoms with Gasteiger partial charge in [0.05, 0.1) is 24.0 Å². The molecule has 1 fully saturated rings. The van der Waals surface area contributed by atoms with Gasteiger partial charge in [0.25, 0.3) is 16.6 Å². The van der Waals surface area contributed by atoms with E-state index in [0.717, 1.165) is 11.1 Å². The van der Waals surface area contributed by atoms with E-state index in [-0.39, 0.29) is 31.0 Å². The van der Waals surface area contributed by atoms with Gasteiger partial charge in [0.15, 0.2) is 6.29 Å². The van der Waals surface area contributed by atoms with Crippen LogP contribution in [0.1, 0.15) is 17.5 Å². The number of carbonyl (C=O) groups excluding carboxylic acids is 1. The van der Waals surface area contributed by atoms with Crippen molar-refractivity contribution in [3.05, 3.63) is 65.7 Å². The highest BCUT2D eigenvalue weighted by Gasteiger charge is 2.44. The molecule has 0 aliphatic carbocycles. The lowest BCUT2D eigenvalue weighted by molar-refractivity contribution is -0.232. The summed E-state index contributed by atoms with van der Waals surface area (Å²) < 4.78 is 46.7. The number of hydrogen-bond acceptors (Lipinski definition) is 8. The van der Waals surface area contributed by atoms with Crippen LogP contribution in [0.25, 0.3) is 0 Å².